The Bertz CT molecular complexity index is 1240. The largest absolute Gasteiger partial charge is 0.336 e. The van der Waals surface area contributed by atoms with Crippen LogP contribution in [-0.4, -0.2) is 14.9 Å². The Balaban J connectivity index is 1.96. The van der Waals surface area contributed by atoms with Crippen molar-refractivity contribution in [3.63, 3.8) is 0 Å². The van der Waals surface area contributed by atoms with E-state index in [2.05, 4.69) is 0 Å². The van der Waals surface area contributed by atoms with Gasteiger partial charge < -0.3 is 0 Å². The van der Waals surface area contributed by atoms with E-state index >= 15 is 0 Å². The summed E-state index contributed by atoms with van der Waals surface area (Å²) in [5, 5.41) is 0.391. The highest BCUT2D eigenvalue weighted by Crippen LogP contribution is 2.11. The second kappa shape index (κ2) is 6.88. The van der Waals surface area contributed by atoms with Gasteiger partial charge in [-0.05, 0) is 24.3 Å². The summed E-state index contributed by atoms with van der Waals surface area (Å²) in [4.78, 5) is 38.8. The van der Waals surface area contributed by atoms with Gasteiger partial charge in [0.25, 0.3) is 5.56 Å². The standard InChI is InChI=1S/C22H16N2O3/c25-20(16-9-3-1-4-10-16)15-23-19-14-8-7-13-18(19)21(26)24(22(23)27)17-11-5-2-6-12-17/h1-14H,15H2. The molecule has 0 fully saturated rings. The van der Waals surface area contributed by atoms with Crippen LogP contribution in [0.4, 0.5) is 0 Å². The fourth-order valence-electron chi connectivity index (χ4n) is 3.14. The lowest BCUT2D eigenvalue weighted by atomic mass is 10.1. The Labute approximate surface area is 154 Å². The topological polar surface area (TPSA) is 61.1 Å². The van der Waals surface area contributed by atoms with Crippen LogP contribution in [0.1, 0.15) is 10.4 Å². The van der Waals surface area contributed by atoms with Crippen molar-refractivity contribution in [3.8, 4) is 5.69 Å². The average Bonchev–Trinajstić information content (AvgIpc) is 2.72. The number of rotatable bonds is 4. The molecule has 0 aliphatic rings. The summed E-state index contributed by atoms with van der Waals surface area (Å²) >= 11 is 0. The number of para-hydroxylation sites is 2. The maximum Gasteiger partial charge on any atom is 0.336 e. The fraction of sp³-hybridized carbons (Fsp3) is 0.0455. The molecule has 0 unspecified atom stereocenters. The van der Waals surface area contributed by atoms with Crippen molar-refractivity contribution >= 4 is 16.7 Å². The molecule has 1 aromatic heterocycles. The van der Waals surface area contributed by atoms with Crippen LogP contribution in [0.5, 0.6) is 0 Å². The minimum Gasteiger partial charge on any atom is -0.292 e. The van der Waals surface area contributed by atoms with Crippen molar-refractivity contribution < 1.29 is 4.79 Å². The van der Waals surface area contributed by atoms with Gasteiger partial charge >= 0.3 is 5.69 Å². The fourth-order valence-corrected chi connectivity index (χ4v) is 3.14. The summed E-state index contributed by atoms with van der Waals surface area (Å²) in [6.07, 6.45) is 0. The highest BCUT2D eigenvalue weighted by molar-refractivity contribution is 5.96. The first-order valence-corrected chi connectivity index (χ1v) is 8.55. The maximum absolute atomic E-state index is 13.1. The lowest BCUT2D eigenvalue weighted by Gasteiger charge is -2.13. The van der Waals surface area contributed by atoms with Gasteiger partial charge in [0, 0.05) is 5.56 Å². The molecule has 5 nitrogen and oxygen atoms in total. The first-order valence-electron chi connectivity index (χ1n) is 8.55. The lowest BCUT2D eigenvalue weighted by molar-refractivity contribution is 0.0971. The quantitative estimate of drug-likeness (QED) is 0.528. The van der Waals surface area contributed by atoms with E-state index < -0.39 is 11.2 Å². The normalized spacial score (nSPS) is 10.8. The number of aromatic nitrogens is 2. The molecule has 0 aliphatic heterocycles. The molecular formula is C22H16N2O3. The molecule has 3 aromatic carbocycles. The van der Waals surface area contributed by atoms with E-state index in [1.165, 1.54) is 4.57 Å². The first-order chi connectivity index (χ1) is 13.2. The molecule has 0 radical (unpaired) electrons. The summed E-state index contributed by atoms with van der Waals surface area (Å²) in [6, 6.07) is 24.4. The van der Waals surface area contributed by atoms with Crippen LogP contribution < -0.4 is 11.2 Å². The van der Waals surface area contributed by atoms with Crippen molar-refractivity contribution in [1.82, 2.24) is 9.13 Å². The minimum atomic E-state index is -0.533. The molecule has 5 heteroatoms. The predicted octanol–water partition coefficient (Wildman–Crippen LogP) is 3.04. The third-order valence-electron chi connectivity index (χ3n) is 4.46. The number of carbonyl (C=O) groups is 1. The van der Waals surface area contributed by atoms with Crippen LogP contribution in [0, 0.1) is 0 Å². The summed E-state index contributed by atoms with van der Waals surface area (Å²) in [5.41, 5.74) is 0.508. The lowest BCUT2D eigenvalue weighted by Crippen LogP contribution is -2.40. The Morgan fingerprint density at radius 3 is 2.04 bits per heavy atom. The van der Waals surface area contributed by atoms with E-state index in [-0.39, 0.29) is 12.3 Å². The van der Waals surface area contributed by atoms with Gasteiger partial charge in [-0.25, -0.2) is 9.36 Å². The Morgan fingerprint density at radius 2 is 1.33 bits per heavy atom. The van der Waals surface area contributed by atoms with E-state index in [4.69, 9.17) is 0 Å². The monoisotopic (exact) mass is 356 g/mol. The summed E-state index contributed by atoms with van der Waals surface area (Å²) in [6.45, 7) is -0.142. The molecule has 0 spiro atoms. The van der Waals surface area contributed by atoms with Crippen molar-refractivity contribution in [2.75, 3.05) is 0 Å². The molecule has 4 rings (SSSR count). The molecule has 0 saturated heterocycles. The summed E-state index contributed by atoms with van der Waals surface area (Å²) in [5.74, 6) is -0.193. The Hall–Kier alpha value is -3.73. The average molecular weight is 356 g/mol. The van der Waals surface area contributed by atoms with E-state index in [1.54, 1.807) is 72.8 Å². The molecule has 0 bridgehead atoms. The van der Waals surface area contributed by atoms with Crippen LogP contribution in [0.25, 0.3) is 16.6 Å². The molecular weight excluding hydrogens is 340 g/mol. The van der Waals surface area contributed by atoms with Gasteiger partial charge in [0.05, 0.1) is 23.1 Å². The Morgan fingerprint density at radius 1 is 0.741 bits per heavy atom. The number of fused-ring (bicyclic) bond motifs is 1. The van der Waals surface area contributed by atoms with E-state index in [0.29, 0.717) is 22.2 Å². The molecule has 1 heterocycles. The van der Waals surface area contributed by atoms with Gasteiger partial charge in [0.15, 0.2) is 5.78 Å². The molecule has 0 atom stereocenters. The molecule has 27 heavy (non-hydrogen) atoms. The number of hydrogen-bond acceptors (Lipinski definition) is 3. The number of nitrogens with zero attached hydrogens (tertiary/aromatic N) is 2. The molecule has 4 aromatic rings. The number of Topliss-reactive ketones (excluding diaryl/α,β-unsaturated/α-hetero) is 1. The molecule has 0 saturated carbocycles. The van der Waals surface area contributed by atoms with Gasteiger partial charge in [-0.2, -0.15) is 0 Å². The van der Waals surface area contributed by atoms with Gasteiger partial charge in [-0.1, -0.05) is 60.7 Å². The highest BCUT2D eigenvalue weighted by Gasteiger charge is 2.16. The van der Waals surface area contributed by atoms with Gasteiger partial charge in [-0.15, -0.1) is 0 Å². The van der Waals surface area contributed by atoms with Crippen LogP contribution in [0.3, 0.4) is 0 Å². The van der Waals surface area contributed by atoms with Crippen molar-refractivity contribution in [2.24, 2.45) is 0 Å². The predicted molar refractivity (Wildman–Crippen MR) is 105 cm³/mol. The molecule has 0 aliphatic carbocycles. The van der Waals surface area contributed by atoms with E-state index in [1.807, 2.05) is 12.1 Å². The van der Waals surface area contributed by atoms with Crippen molar-refractivity contribution in [2.45, 2.75) is 6.54 Å². The third-order valence-corrected chi connectivity index (χ3v) is 4.46. The molecule has 132 valence electrons. The zero-order valence-electron chi connectivity index (χ0n) is 14.4. The Kier molecular flexibility index (Phi) is 4.26. The zero-order valence-corrected chi connectivity index (χ0v) is 14.4. The highest BCUT2D eigenvalue weighted by atomic mass is 16.2. The number of ketones is 1. The van der Waals surface area contributed by atoms with Crippen LogP contribution in [-0.2, 0) is 6.54 Å². The van der Waals surface area contributed by atoms with E-state index in [9.17, 15) is 14.4 Å². The van der Waals surface area contributed by atoms with Gasteiger partial charge in [0.1, 0.15) is 0 Å². The number of benzene rings is 3. The SMILES string of the molecule is O=C(Cn1c(=O)n(-c2ccccc2)c(=O)c2ccccc21)c1ccccc1. The van der Waals surface area contributed by atoms with Crippen molar-refractivity contribution in [1.29, 1.82) is 0 Å². The van der Waals surface area contributed by atoms with Crippen LogP contribution >= 0.6 is 0 Å². The number of hydrogen-bond donors (Lipinski definition) is 0. The van der Waals surface area contributed by atoms with Gasteiger partial charge in [-0.3, -0.25) is 14.2 Å². The van der Waals surface area contributed by atoms with Crippen molar-refractivity contribution in [3.05, 3.63) is 111 Å². The van der Waals surface area contributed by atoms with Gasteiger partial charge in [0.2, 0.25) is 0 Å². The van der Waals surface area contributed by atoms with Crippen LogP contribution in [0.2, 0.25) is 0 Å². The van der Waals surface area contributed by atoms with E-state index in [0.717, 1.165) is 4.57 Å². The van der Waals surface area contributed by atoms with Crippen LogP contribution in [0.15, 0.2) is 94.5 Å². The third kappa shape index (κ3) is 3.00. The smallest absolute Gasteiger partial charge is 0.292 e. The second-order valence-electron chi connectivity index (χ2n) is 6.15. The summed E-state index contributed by atoms with van der Waals surface area (Å²) in [7, 11) is 0. The first kappa shape index (κ1) is 16.7. The number of carbonyl (C=O) groups excluding carboxylic acids is 1. The molecule has 0 N–H and O–H groups in total. The molecule has 0 amide bonds. The minimum absolute atomic E-state index is 0.142. The maximum atomic E-state index is 13.1. The second-order valence-corrected chi connectivity index (χ2v) is 6.15. The zero-order chi connectivity index (χ0) is 18.8. The summed E-state index contributed by atoms with van der Waals surface area (Å²) < 4.78 is 2.47.